The Labute approximate surface area is 229 Å². The first-order valence-corrected chi connectivity index (χ1v) is 13.6. The highest BCUT2D eigenvalue weighted by atomic mass is 16.3. The zero-order valence-electron chi connectivity index (χ0n) is 21.5. The number of nitrogens with zero attached hydrogens (tertiary/aromatic N) is 2. The average Bonchev–Trinajstić information content (AvgIpc) is 3.56. The van der Waals surface area contributed by atoms with Crippen LogP contribution in [0.1, 0.15) is 0 Å². The molecule has 3 aromatic heterocycles. The van der Waals surface area contributed by atoms with E-state index in [4.69, 9.17) is 9.40 Å². The van der Waals surface area contributed by atoms with Gasteiger partial charge in [-0.3, -0.25) is 0 Å². The molecule has 0 atom stereocenters. The summed E-state index contributed by atoms with van der Waals surface area (Å²) in [6.07, 6.45) is 0. The van der Waals surface area contributed by atoms with Crippen molar-refractivity contribution in [2.45, 2.75) is 0 Å². The van der Waals surface area contributed by atoms with Crippen LogP contribution < -0.4 is 0 Å². The van der Waals surface area contributed by atoms with Crippen LogP contribution in [0, 0.1) is 0 Å². The van der Waals surface area contributed by atoms with Crippen LogP contribution >= 0.6 is 0 Å². The van der Waals surface area contributed by atoms with Crippen LogP contribution in [0.5, 0.6) is 0 Å². The van der Waals surface area contributed by atoms with E-state index in [1.165, 1.54) is 27.1 Å². The maximum atomic E-state index is 6.31. The van der Waals surface area contributed by atoms with Gasteiger partial charge in [-0.2, -0.15) is 0 Å². The van der Waals surface area contributed by atoms with Gasteiger partial charge in [0.2, 0.25) is 0 Å². The van der Waals surface area contributed by atoms with Crippen molar-refractivity contribution in [3.05, 3.63) is 133 Å². The van der Waals surface area contributed by atoms with E-state index in [-0.39, 0.29) is 0 Å². The molecule has 0 N–H and O–H groups in total. The van der Waals surface area contributed by atoms with Gasteiger partial charge in [0.25, 0.3) is 0 Å². The molecule has 0 aliphatic heterocycles. The molecule has 6 aromatic carbocycles. The summed E-state index contributed by atoms with van der Waals surface area (Å²) in [5.74, 6) is 0. The lowest BCUT2D eigenvalue weighted by molar-refractivity contribution is 0.669. The minimum atomic E-state index is 0.899. The number of hydrogen-bond acceptors (Lipinski definition) is 2. The second-order valence-corrected chi connectivity index (χ2v) is 10.4. The van der Waals surface area contributed by atoms with Crippen LogP contribution in [0.4, 0.5) is 0 Å². The zero-order chi connectivity index (χ0) is 26.2. The van der Waals surface area contributed by atoms with E-state index in [0.29, 0.717) is 0 Å². The Hall–Kier alpha value is -5.41. The lowest BCUT2D eigenvalue weighted by atomic mass is 10.00. The summed E-state index contributed by atoms with van der Waals surface area (Å²) < 4.78 is 8.70. The molecule has 0 amide bonds. The fourth-order valence-electron chi connectivity index (χ4n) is 6.45. The molecule has 0 radical (unpaired) electrons. The van der Waals surface area contributed by atoms with E-state index >= 15 is 0 Å². The van der Waals surface area contributed by atoms with E-state index in [1.54, 1.807) is 0 Å². The van der Waals surface area contributed by atoms with Gasteiger partial charge in [-0.25, -0.2) is 4.98 Å². The zero-order valence-corrected chi connectivity index (χ0v) is 21.5. The number of rotatable bonds is 2. The van der Waals surface area contributed by atoms with Gasteiger partial charge in [0, 0.05) is 38.2 Å². The monoisotopic (exact) mass is 510 g/mol. The van der Waals surface area contributed by atoms with Gasteiger partial charge >= 0.3 is 0 Å². The Bertz CT molecular complexity index is 2440. The highest BCUT2D eigenvalue weighted by molar-refractivity contribution is 6.24. The van der Waals surface area contributed by atoms with Crippen LogP contribution in [0.2, 0.25) is 0 Å². The molecular formula is C37H22N2O. The summed E-state index contributed by atoms with van der Waals surface area (Å²) in [5, 5.41) is 8.27. The maximum absolute atomic E-state index is 6.31. The average molecular weight is 511 g/mol. The third kappa shape index (κ3) is 2.92. The number of furan rings is 1. The molecule has 0 spiro atoms. The lowest BCUT2D eigenvalue weighted by Gasteiger charge is -2.13. The van der Waals surface area contributed by atoms with Gasteiger partial charge in [-0.15, -0.1) is 0 Å². The van der Waals surface area contributed by atoms with Crippen molar-refractivity contribution in [1.82, 2.24) is 9.55 Å². The first-order valence-electron chi connectivity index (χ1n) is 13.6. The highest BCUT2D eigenvalue weighted by Crippen LogP contribution is 2.41. The fourth-order valence-corrected chi connectivity index (χ4v) is 6.45. The van der Waals surface area contributed by atoms with Crippen LogP contribution in [0.15, 0.2) is 138 Å². The third-order valence-corrected chi connectivity index (χ3v) is 8.16. The summed E-state index contributed by atoms with van der Waals surface area (Å²) >= 11 is 0. The number of aromatic nitrogens is 2. The van der Waals surface area contributed by atoms with Crippen LogP contribution in [-0.2, 0) is 0 Å². The first kappa shape index (κ1) is 21.5. The van der Waals surface area contributed by atoms with Crippen molar-refractivity contribution < 1.29 is 4.42 Å². The molecule has 3 heteroatoms. The smallest absolute Gasteiger partial charge is 0.137 e. The molecule has 0 unspecified atom stereocenters. The molecule has 186 valence electrons. The van der Waals surface area contributed by atoms with Crippen molar-refractivity contribution in [2.24, 2.45) is 0 Å². The molecular weight excluding hydrogens is 488 g/mol. The second kappa shape index (κ2) is 8.05. The van der Waals surface area contributed by atoms with Crippen LogP contribution in [0.25, 0.3) is 82.4 Å². The van der Waals surface area contributed by atoms with Crippen molar-refractivity contribution in [2.75, 3.05) is 0 Å². The largest absolute Gasteiger partial charge is 0.456 e. The molecule has 9 rings (SSSR count). The molecule has 0 aliphatic rings. The molecule has 3 nitrogen and oxygen atoms in total. The van der Waals surface area contributed by atoms with Crippen molar-refractivity contribution in [1.29, 1.82) is 0 Å². The molecule has 0 saturated heterocycles. The number of para-hydroxylation sites is 3. The van der Waals surface area contributed by atoms with Crippen LogP contribution in [0.3, 0.4) is 0 Å². The minimum absolute atomic E-state index is 0.899. The predicted molar refractivity (Wildman–Crippen MR) is 166 cm³/mol. The quantitative estimate of drug-likeness (QED) is 0.217. The normalized spacial score (nSPS) is 12.0. The molecule has 0 fully saturated rings. The fraction of sp³-hybridized carbons (Fsp3) is 0. The second-order valence-electron chi connectivity index (χ2n) is 10.4. The third-order valence-electron chi connectivity index (χ3n) is 8.16. The summed E-state index contributed by atoms with van der Waals surface area (Å²) in [7, 11) is 0. The Morgan fingerprint density at radius 1 is 0.500 bits per heavy atom. The van der Waals surface area contributed by atoms with Gasteiger partial charge in [-0.05, 0) is 47.9 Å². The van der Waals surface area contributed by atoms with E-state index in [1.807, 2.05) is 12.1 Å². The Morgan fingerprint density at radius 2 is 1.23 bits per heavy atom. The SMILES string of the molecule is c1cc(-c2nc3ccccc3c3ccccc23)cc(-n2c3ccccc3c3ccc4oc5ccccc5c4c32)c1. The van der Waals surface area contributed by atoms with E-state index < -0.39 is 0 Å². The van der Waals surface area contributed by atoms with Crippen molar-refractivity contribution in [3.8, 4) is 16.9 Å². The van der Waals surface area contributed by atoms with Gasteiger partial charge < -0.3 is 8.98 Å². The Kier molecular flexibility index (Phi) is 4.33. The Morgan fingerprint density at radius 3 is 2.12 bits per heavy atom. The van der Waals surface area contributed by atoms with Gasteiger partial charge in [-0.1, -0.05) is 91.0 Å². The first-order chi connectivity index (χ1) is 19.8. The van der Waals surface area contributed by atoms with Gasteiger partial charge in [0.15, 0.2) is 0 Å². The van der Waals surface area contributed by atoms with Gasteiger partial charge in [0.1, 0.15) is 11.2 Å². The van der Waals surface area contributed by atoms with E-state index in [0.717, 1.165) is 55.3 Å². The number of pyridine rings is 1. The number of hydrogen-bond donors (Lipinski definition) is 0. The van der Waals surface area contributed by atoms with E-state index in [9.17, 15) is 0 Å². The summed E-state index contributed by atoms with van der Waals surface area (Å²) in [6.45, 7) is 0. The molecule has 0 aliphatic carbocycles. The molecule has 40 heavy (non-hydrogen) atoms. The molecule has 9 aromatic rings. The molecule has 0 bridgehead atoms. The Balaban J connectivity index is 1.39. The standard InChI is InChI=1S/C37H22N2O/c1-2-15-28-25(12-1)26-13-3-6-17-31(26)38-36(28)23-10-9-11-24(22-23)39-32-18-7-4-14-27(32)29-20-21-34-35(37(29)39)30-16-5-8-19-33(30)40-34/h1-22H. The predicted octanol–water partition coefficient (Wildman–Crippen LogP) is 10.1. The highest BCUT2D eigenvalue weighted by Gasteiger charge is 2.19. The van der Waals surface area contributed by atoms with E-state index in [2.05, 4.69) is 126 Å². The van der Waals surface area contributed by atoms with Crippen molar-refractivity contribution >= 4 is 65.4 Å². The van der Waals surface area contributed by atoms with Crippen LogP contribution in [-0.4, -0.2) is 9.55 Å². The number of benzene rings is 6. The van der Waals surface area contributed by atoms with Crippen molar-refractivity contribution in [3.63, 3.8) is 0 Å². The lowest BCUT2D eigenvalue weighted by Crippen LogP contribution is -1.96. The number of fused-ring (bicyclic) bond motifs is 10. The molecule has 3 heterocycles. The van der Waals surface area contributed by atoms with Gasteiger partial charge in [0.05, 0.1) is 27.6 Å². The summed E-state index contributed by atoms with van der Waals surface area (Å²) in [6, 6.07) is 47.0. The molecule has 0 saturated carbocycles. The summed E-state index contributed by atoms with van der Waals surface area (Å²) in [4.78, 5) is 5.18. The topological polar surface area (TPSA) is 31.0 Å². The minimum Gasteiger partial charge on any atom is -0.456 e. The summed E-state index contributed by atoms with van der Waals surface area (Å²) in [5.41, 5.74) is 8.33. The maximum Gasteiger partial charge on any atom is 0.137 e.